The number of nitriles is 1. The van der Waals surface area contributed by atoms with Gasteiger partial charge in [-0.3, -0.25) is 9.69 Å². The maximum absolute atomic E-state index is 13.0. The molecule has 0 bridgehead atoms. The van der Waals surface area contributed by atoms with Crippen LogP contribution in [0.25, 0.3) is 0 Å². The Balaban J connectivity index is 1.74. The van der Waals surface area contributed by atoms with Gasteiger partial charge in [-0.1, -0.05) is 42.0 Å². The molecule has 2 heterocycles. The number of fused-ring (bicyclic) bond motifs is 1. The monoisotopic (exact) mass is 430 g/mol. The van der Waals surface area contributed by atoms with Gasteiger partial charge in [-0.25, -0.2) is 0 Å². The molecule has 2 aromatic carbocycles. The van der Waals surface area contributed by atoms with E-state index in [2.05, 4.69) is 6.07 Å². The number of aryl methyl sites for hydroxylation is 1. The van der Waals surface area contributed by atoms with Crippen LogP contribution in [0.1, 0.15) is 34.6 Å². The van der Waals surface area contributed by atoms with Gasteiger partial charge in [-0.15, -0.1) is 11.8 Å². The second-order valence-electron chi connectivity index (χ2n) is 7.41. The number of halogens is 3. The topological polar surface area (TPSA) is 64.3 Å². The molecule has 2 aliphatic rings. The van der Waals surface area contributed by atoms with Crippen molar-refractivity contribution in [2.45, 2.75) is 31.2 Å². The van der Waals surface area contributed by atoms with E-state index in [1.54, 1.807) is 12.1 Å². The molecule has 1 N–H and O–H groups in total. The van der Waals surface area contributed by atoms with Crippen molar-refractivity contribution in [1.82, 2.24) is 4.90 Å². The molecule has 154 valence electrons. The van der Waals surface area contributed by atoms with Gasteiger partial charge in [-0.2, -0.15) is 18.4 Å². The van der Waals surface area contributed by atoms with Gasteiger partial charge in [-0.05, 0) is 24.6 Å². The second kappa shape index (κ2) is 7.18. The molecule has 0 unspecified atom stereocenters. The lowest BCUT2D eigenvalue weighted by Crippen LogP contribution is -2.48. The zero-order valence-corrected chi connectivity index (χ0v) is 16.7. The van der Waals surface area contributed by atoms with Crippen LogP contribution < -0.4 is 0 Å². The zero-order chi connectivity index (χ0) is 21.7. The number of rotatable bonds is 2. The number of benzene rings is 2. The number of carbonyl (C=O) groups is 1. The highest BCUT2D eigenvalue weighted by Crippen LogP contribution is 2.51. The van der Waals surface area contributed by atoms with Gasteiger partial charge >= 0.3 is 6.18 Å². The van der Waals surface area contributed by atoms with Crippen LogP contribution in [-0.4, -0.2) is 21.7 Å². The highest BCUT2D eigenvalue weighted by molar-refractivity contribution is 8.03. The van der Waals surface area contributed by atoms with Crippen LogP contribution in [0.3, 0.4) is 0 Å². The Kier molecular flexibility index (Phi) is 4.91. The van der Waals surface area contributed by atoms with Crippen LogP contribution >= 0.6 is 11.8 Å². The van der Waals surface area contributed by atoms with Crippen molar-refractivity contribution in [3.05, 3.63) is 81.4 Å². The fourth-order valence-corrected chi connectivity index (χ4v) is 5.21. The molecule has 2 aromatic rings. The van der Waals surface area contributed by atoms with Gasteiger partial charge in [0.1, 0.15) is 0 Å². The molecule has 0 spiro atoms. The summed E-state index contributed by atoms with van der Waals surface area (Å²) in [5, 5.41) is 21.5. The first-order valence-electron chi connectivity index (χ1n) is 9.22. The molecule has 1 fully saturated rings. The molecule has 2 aliphatic heterocycles. The summed E-state index contributed by atoms with van der Waals surface area (Å²) in [5.41, 5.74) is -0.0557. The second-order valence-corrected chi connectivity index (χ2v) is 8.37. The van der Waals surface area contributed by atoms with Crippen molar-refractivity contribution in [2.24, 2.45) is 0 Å². The third-order valence-electron chi connectivity index (χ3n) is 5.46. The molecule has 0 aromatic heterocycles. The molecule has 0 saturated carbocycles. The lowest BCUT2D eigenvalue weighted by atomic mass is 9.85. The van der Waals surface area contributed by atoms with E-state index in [-0.39, 0.29) is 23.7 Å². The van der Waals surface area contributed by atoms with E-state index < -0.39 is 23.4 Å². The minimum absolute atomic E-state index is 0.105. The fourth-order valence-electron chi connectivity index (χ4n) is 3.85. The minimum atomic E-state index is -4.46. The predicted octanol–water partition coefficient (Wildman–Crippen LogP) is 4.66. The van der Waals surface area contributed by atoms with E-state index in [0.29, 0.717) is 16.2 Å². The van der Waals surface area contributed by atoms with Gasteiger partial charge in [0.15, 0.2) is 5.72 Å². The van der Waals surface area contributed by atoms with E-state index in [0.717, 1.165) is 17.7 Å². The maximum atomic E-state index is 13.0. The zero-order valence-electron chi connectivity index (χ0n) is 15.9. The lowest BCUT2D eigenvalue weighted by molar-refractivity contribution is -0.149. The van der Waals surface area contributed by atoms with Crippen LogP contribution in [0.4, 0.5) is 13.2 Å². The summed E-state index contributed by atoms with van der Waals surface area (Å²) < 4.78 is 38.6. The van der Waals surface area contributed by atoms with Gasteiger partial charge in [0, 0.05) is 17.9 Å². The van der Waals surface area contributed by atoms with Crippen LogP contribution in [0, 0.1) is 18.3 Å². The maximum Gasteiger partial charge on any atom is 0.416 e. The molecular weight excluding hydrogens is 413 g/mol. The third kappa shape index (κ3) is 3.28. The molecule has 1 saturated heterocycles. The Bertz CT molecular complexity index is 1070. The quantitative estimate of drug-likeness (QED) is 0.753. The largest absolute Gasteiger partial charge is 0.416 e. The number of alkyl halides is 3. The van der Waals surface area contributed by atoms with Gasteiger partial charge in [0.05, 0.1) is 28.0 Å². The summed E-state index contributed by atoms with van der Waals surface area (Å²) in [6.07, 6.45) is -4.56. The smallest absolute Gasteiger partial charge is 0.366 e. The van der Waals surface area contributed by atoms with E-state index in [1.807, 2.05) is 19.1 Å². The summed E-state index contributed by atoms with van der Waals surface area (Å²) in [5.74, 6) is -0.854. The Labute approximate surface area is 175 Å². The number of amides is 1. The summed E-state index contributed by atoms with van der Waals surface area (Å²) in [4.78, 5) is 14.3. The Hall–Kier alpha value is -2.76. The first-order chi connectivity index (χ1) is 14.1. The number of hydrogen-bond acceptors (Lipinski definition) is 4. The van der Waals surface area contributed by atoms with Gasteiger partial charge in [0.2, 0.25) is 5.91 Å². The van der Waals surface area contributed by atoms with Crippen LogP contribution in [0.5, 0.6) is 0 Å². The van der Waals surface area contributed by atoms with Crippen molar-refractivity contribution >= 4 is 17.7 Å². The number of carbonyl (C=O) groups excluding carboxylic acids is 1. The number of allylic oxidation sites excluding steroid dienone is 1. The highest BCUT2D eigenvalue weighted by atomic mass is 32.2. The normalized spacial score (nSPS) is 24.1. The number of hydrogen-bond donors (Lipinski definition) is 1. The Morgan fingerprint density at radius 2 is 1.80 bits per heavy atom. The van der Waals surface area contributed by atoms with Crippen LogP contribution in [-0.2, 0) is 16.7 Å². The molecule has 4 nitrogen and oxygen atoms in total. The summed E-state index contributed by atoms with van der Waals surface area (Å²) >= 11 is 1.21. The Morgan fingerprint density at radius 1 is 1.17 bits per heavy atom. The molecule has 30 heavy (non-hydrogen) atoms. The van der Waals surface area contributed by atoms with Crippen molar-refractivity contribution in [3.8, 4) is 6.07 Å². The predicted molar refractivity (Wildman–Crippen MR) is 106 cm³/mol. The standard InChI is InChI=1S/C22H17F3N2O2S/c1-13-2-6-15(7-3-13)21(29)12-30-20-18(11-26)17(10-19(28)27(20)21)14-4-8-16(9-5-14)22(23,24)25/h2-9,17,29H,10,12H2,1H3/t17-,21+/m0/s1. The van der Waals surface area contributed by atoms with E-state index in [1.165, 1.54) is 28.8 Å². The molecule has 0 aliphatic carbocycles. The van der Waals surface area contributed by atoms with E-state index in [9.17, 15) is 28.3 Å². The Morgan fingerprint density at radius 3 is 2.37 bits per heavy atom. The summed E-state index contributed by atoms with van der Waals surface area (Å²) in [6.45, 7) is 1.91. The van der Waals surface area contributed by atoms with Crippen molar-refractivity contribution < 1.29 is 23.1 Å². The molecular formula is C22H17F3N2O2S. The average Bonchev–Trinajstić information content (AvgIpc) is 3.07. The molecule has 8 heteroatoms. The fraction of sp³-hybridized carbons (Fsp3) is 0.273. The van der Waals surface area contributed by atoms with E-state index in [4.69, 9.17) is 0 Å². The first kappa shape index (κ1) is 20.5. The molecule has 0 radical (unpaired) electrons. The van der Waals surface area contributed by atoms with Crippen molar-refractivity contribution in [1.29, 1.82) is 5.26 Å². The van der Waals surface area contributed by atoms with Gasteiger partial charge < -0.3 is 5.11 Å². The first-order valence-corrected chi connectivity index (χ1v) is 10.2. The highest BCUT2D eigenvalue weighted by Gasteiger charge is 2.51. The number of thioether (sulfide) groups is 1. The summed E-state index contributed by atoms with van der Waals surface area (Å²) in [6, 6.07) is 13.8. The SMILES string of the molecule is Cc1ccc([C@]2(O)CSC3=C(C#N)[C@H](c4ccc(C(F)(F)F)cc4)CC(=O)N32)cc1. The number of aliphatic hydroxyl groups is 1. The summed E-state index contributed by atoms with van der Waals surface area (Å²) in [7, 11) is 0. The van der Waals surface area contributed by atoms with Crippen LogP contribution in [0.2, 0.25) is 0 Å². The minimum Gasteiger partial charge on any atom is -0.366 e. The van der Waals surface area contributed by atoms with Gasteiger partial charge in [0.25, 0.3) is 0 Å². The van der Waals surface area contributed by atoms with Crippen LogP contribution in [0.15, 0.2) is 59.1 Å². The molecule has 2 atom stereocenters. The third-order valence-corrected chi connectivity index (χ3v) is 6.69. The van der Waals surface area contributed by atoms with Crippen molar-refractivity contribution in [3.63, 3.8) is 0 Å². The number of nitrogens with zero attached hydrogens (tertiary/aromatic N) is 2. The molecule has 1 amide bonds. The molecule has 4 rings (SSSR count). The lowest BCUT2D eigenvalue weighted by Gasteiger charge is -2.38. The average molecular weight is 430 g/mol. The van der Waals surface area contributed by atoms with Crippen molar-refractivity contribution in [2.75, 3.05) is 5.75 Å². The van der Waals surface area contributed by atoms with E-state index >= 15 is 0 Å².